The van der Waals surface area contributed by atoms with E-state index in [0.717, 1.165) is 25.7 Å². The van der Waals surface area contributed by atoms with Crippen LogP contribution in [-0.4, -0.2) is 49.3 Å². The molecule has 1 rings (SSSR count). The highest BCUT2D eigenvalue weighted by molar-refractivity contribution is 5.69. The summed E-state index contributed by atoms with van der Waals surface area (Å²) in [6.45, 7) is 7.04. The molecule has 1 unspecified atom stereocenters. The van der Waals surface area contributed by atoms with Crippen LogP contribution < -0.4 is 4.74 Å². The summed E-state index contributed by atoms with van der Waals surface area (Å²) >= 11 is 0. The van der Waals surface area contributed by atoms with Gasteiger partial charge in [-0.1, -0.05) is 78.1 Å². The molecule has 0 N–H and O–H groups in total. The van der Waals surface area contributed by atoms with Crippen LogP contribution in [0, 0.1) is 10.1 Å². The lowest BCUT2D eigenvalue weighted by Gasteiger charge is -2.19. The number of hydrogen-bond donors (Lipinski definition) is 0. The molecule has 0 bridgehead atoms. The minimum atomic E-state index is -0.997. The minimum Gasteiger partial charge on any atom is -0.462 e. The number of ether oxygens (including phenoxy) is 5. The van der Waals surface area contributed by atoms with Crippen molar-refractivity contribution in [3.8, 4) is 5.75 Å². The highest BCUT2D eigenvalue weighted by Crippen LogP contribution is 2.18. The van der Waals surface area contributed by atoms with E-state index in [1.165, 1.54) is 75.6 Å². The van der Waals surface area contributed by atoms with E-state index in [2.05, 4.69) is 13.8 Å². The summed E-state index contributed by atoms with van der Waals surface area (Å²) in [4.78, 5) is 34.4. The Morgan fingerprint density at radius 1 is 0.825 bits per heavy atom. The van der Waals surface area contributed by atoms with Crippen LogP contribution in [0.25, 0.3) is 0 Å². The fourth-order valence-corrected chi connectivity index (χ4v) is 3.88. The zero-order valence-corrected chi connectivity index (χ0v) is 24.6. The zero-order valence-electron chi connectivity index (χ0n) is 24.6. The normalized spacial score (nSPS) is 11.8. The molecule has 0 heterocycles. The molecular formula is C30H49NO9. The van der Waals surface area contributed by atoms with Gasteiger partial charge in [-0.3, -0.25) is 14.9 Å². The number of non-ortho nitro benzene ring substituents is 1. The number of esters is 1. The predicted octanol–water partition coefficient (Wildman–Crippen LogP) is 7.90. The third-order valence-corrected chi connectivity index (χ3v) is 6.21. The van der Waals surface area contributed by atoms with Gasteiger partial charge in [0.25, 0.3) is 5.69 Å². The second kappa shape index (κ2) is 23.0. The Kier molecular flexibility index (Phi) is 20.3. The predicted molar refractivity (Wildman–Crippen MR) is 152 cm³/mol. The summed E-state index contributed by atoms with van der Waals surface area (Å²) in [5, 5.41) is 10.7. The Morgan fingerprint density at radius 3 is 1.88 bits per heavy atom. The largest absolute Gasteiger partial charge is 0.514 e. The van der Waals surface area contributed by atoms with Crippen molar-refractivity contribution in [3.63, 3.8) is 0 Å². The van der Waals surface area contributed by atoms with Crippen molar-refractivity contribution >= 4 is 17.8 Å². The maximum Gasteiger partial charge on any atom is 0.514 e. The molecule has 0 aliphatic heterocycles. The van der Waals surface area contributed by atoms with Crippen molar-refractivity contribution in [1.82, 2.24) is 0 Å². The molecule has 1 aromatic rings. The van der Waals surface area contributed by atoms with Gasteiger partial charge in [0.2, 0.25) is 0 Å². The van der Waals surface area contributed by atoms with E-state index in [-0.39, 0.29) is 24.5 Å². The van der Waals surface area contributed by atoms with E-state index in [9.17, 15) is 19.7 Å². The Morgan fingerprint density at radius 2 is 1.35 bits per heavy atom. The maximum atomic E-state index is 12.3. The Bertz CT molecular complexity index is 798. The number of unbranched alkanes of at least 4 members (excludes halogenated alkanes) is 10. The van der Waals surface area contributed by atoms with Gasteiger partial charge in [0.15, 0.2) is 6.29 Å². The lowest BCUT2D eigenvalue weighted by Crippen LogP contribution is -2.25. The number of nitro benzene ring substituents is 1. The topological polar surface area (TPSA) is 123 Å². The Balaban J connectivity index is 2.34. The van der Waals surface area contributed by atoms with Crippen molar-refractivity contribution in [2.45, 2.75) is 123 Å². The summed E-state index contributed by atoms with van der Waals surface area (Å²) in [6.07, 6.45) is 12.4. The number of nitrogens with zero attached hydrogens (tertiary/aromatic N) is 1. The molecule has 0 spiro atoms. The molecule has 1 aromatic carbocycles. The van der Waals surface area contributed by atoms with Gasteiger partial charge < -0.3 is 23.7 Å². The molecule has 0 amide bonds. The fraction of sp³-hybridized carbons (Fsp3) is 0.733. The molecule has 10 nitrogen and oxygen atoms in total. The van der Waals surface area contributed by atoms with Crippen LogP contribution in [0.15, 0.2) is 24.3 Å². The van der Waals surface area contributed by atoms with Gasteiger partial charge in [-0.2, -0.15) is 0 Å². The molecule has 0 aliphatic carbocycles. The average molecular weight is 568 g/mol. The first-order chi connectivity index (χ1) is 19.3. The first-order valence-corrected chi connectivity index (χ1v) is 14.9. The maximum absolute atomic E-state index is 12.3. The van der Waals surface area contributed by atoms with Gasteiger partial charge in [-0.25, -0.2) is 4.79 Å². The summed E-state index contributed by atoms with van der Waals surface area (Å²) in [6, 6.07) is 5.03. The van der Waals surface area contributed by atoms with Gasteiger partial charge in [-0.05, 0) is 31.9 Å². The van der Waals surface area contributed by atoms with Crippen molar-refractivity contribution < 1.29 is 38.2 Å². The molecule has 0 aromatic heterocycles. The number of carbonyl (C=O) groups is 2. The van der Waals surface area contributed by atoms with E-state index in [0.29, 0.717) is 19.6 Å². The van der Waals surface area contributed by atoms with Gasteiger partial charge in [0.1, 0.15) is 18.5 Å². The first-order valence-electron chi connectivity index (χ1n) is 14.9. The number of rotatable bonds is 24. The average Bonchev–Trinajstić information content (AvgIpc) is 2.93. The lowest BCUT2D eigenvalue weighted by atomic mass is 10.1. The molecule has 0 fully saturated rings. The van der Waals surface area contributed by atoms with Crippen LogP contribution in [-0.2, 0) is 23.7 Å². The number of hydrogen-bond acceptors (Lipinski definition) is 9. The smallest absolute Gasteiger partial charge is 0.462 e. The van der Waals surface area contributed by atoms with Crippen molar-refractivity contribution in [1.29, 1.82) is 0 Å². The first kappa shape index (κ1) is 35.3. The molecule has 0 aliphatic rings. The molecule has 228 valence electrons. The summed E-state index contributed by atoms with van der Waals surface area (Å²) in [5.41, 5.74) is -0.121. The molecule has 10 heteroatoms. The lowest BCUT2D eigenvalue weighted by molar-refractivity contribution is -0.384. The van der Waals surface area contributed by atoms with Gasteiger partial charge in [-0.15, -0.1) is 0 Å². The number of carbonyl (C=O) groups excluding carboxylic acids is 2. The molecule has 40 heavy (non-hydrogen) atoms. The summed E-state index contributed by atoms with van der Waals surface area (Å²) in [5.74, 6) is -0.330. The highest BCUT2D eigenvalue weighted by atomic mass is 16.7. The van der Waals surface area contributed by atoms with Crippen molar-refractivity contribution in [3.05, 3.63) is 34.4 Å². The van der Waals surface area contributed by atoms with E-state index in [4.69, 9.17) is 23.7 Å². The van der Waals surface area contributed by atoms with Crippen LogP contribution in [0.5, 0.6) is 5.75 Å². The summed E-state index contributed by atoms with van der Waals surface area (Å²) < 4.78 is 27.2. The van der Waals surface area contributed by atoms with Crippen LogP contribution in [0.1, 0.15) is 111 Å². The zero-order chi connectivity index (χ0) is 29.4. The van der Waals surface area contributed by atoms with Crippen molar-refractivity contribution in [2.24, 2.45) is 0 Å². The quantitative estimate of drug-likeness (QED) is 0.0306. The number of benzene rings is 1. The van der Waals surface area contributed by atoms with E-state index >= 15 is 0 Å². The number of nitro groups is 1. The highest BCUT2D eigenvalue weighted by Gasteiger charge is 2.17. The Labute approximate surface area is 239 Å². The second-order valence-corrected chi connectivity index (χ2v) is 9.96. The van der Waals surface area contributed by atoms with Crippen LogP contribution in [0.3, 0.4) is 0 Å². The molecule has 0 radical (unpaired) electrons. The molecule has 0 saturated carbocycles. The van der Waals surface area contributed by atoms with Crippen LogP contribution in [0.4, 0.5) is 10.5 Å². The SMILES string of the molecule is CCCCCCCCOC(CCC(=O)OCC(C)OC(=O)Oc1ccc([N+](=O)[O-])cc1)OCCCCCCCC. The third-order valence-electron chi connectivity index (χ3n) is 6.21. The second-order valence-electron chi connectivity index (χ2n) is 9.96. The molecule has 1 atom stereocenters. The van der Waals surface area contributed by atoms with Gasteiger partial charge >= 0.3 is 12.1 Å². The third kappa shape index (κ3) is 18.5. The van der Waals surface area contributed by atoms with E-state index in [1.54, 1.807) is 6.92 Å². The van der Waals surface area contributed by atoms with E-state index in [1.807, 2.05) is 0 Å². The van der Waals surface area contributed by atoms with Crippen LogP contribution in [0.2, 0.25) is 0 Å². The standard InChI is InChI=1S/C30H49NO9/c1-4-6-8-10-12-14-22-36-29(37-23-15-13-11-9-7-5-2)21-20-28(32)38-24-25(3)39-30(33)40-27-18-16-26(17-19-27)31(34)35/h16-19,25,29H,4-15,20-24H2,1-3H3. The van der Waals surface area contributed by atoms with Crippen LogP contribution >= 0.6 is 0 Å². The Hall–Kier alpha value is -2.72. The molecular weight excluding hydrogens is 518 g/mol. The molecule has 0 saturated heterocycles. The monoisotopic (exact) mass is 567 g/mol. The summed E-state index contributed by atoms with van der Waals surface area (Å²) in [7, 11) is 0. The fourth-order valence-electron chi connectivity index (χ4n) is 3.88. The minimum absolute atomic E-state index is 0.104. The van der Waals surface area contributed by atoms with Gasteiger partial charge in [0.05, 0.1) is 11.3 Å². The van der Waals surface area contributed by atoms with E-state index < -0.39 is 29.4 Å². The van der Waals surface area contributed by atoms with Crippen molar-refractivity contribution in [2.75, 3.05) is 19.8 Å². The van der Waals surface area contributed by atoms with Gasteiger partial charge in [0, 0.05) is 31.8 Å².